The Morgan fingerprint density at radius 3 is 2.44 bits per heavy atom. The molecule has 4 heteroatoms. The van der Waals surface area contributed by atoms with Crippen molar-refractivity contribution in [2.75, 3.05) is 13.1 Å². The molecule has 0 bridgehead atoms. The fourth-order valence-electron chi connectivity index (χ4n) is 3.11. The summed E-state index contributed by atoms with van der Waals surface area (Å²) >= 11 is 0. The molecule has 0 aromatic rings. The predicted molar refractivity (Wildman–Crippen MR) is 79.1 cm³/mol. The van der Waals surface area contributed by atoms with Gasteiger partial charge in [-0.3, -0.25) is 0 Å². The first-order valence-electron chi connectivity index (χ1n) is 7.35. The maximum absolute atomic E-state index is 6.55. The van der Waals surface area contributed by atoms with Crippen LogP contribution in [0.15, 0.2) is 0 Å². The molecule has 0 aromatic carbocycles. The Morgan fingerprint density at radius 2 is 1.83 bits per heavy atom. The van der Waals surface area contributed by atoms with Crippen LogP contribution < -0.4 is 11.1 Å². The summed E-state index contributed by atoms with van der Waals surface area (Å²) in [5.74, 6) is 1.42. The number of nitrogens with two attached hydrogens (primary N) is 1. The Morgan fingerprint density at radius 1 is 1.17 bits per heavy atom. The molecule has 1 aliphatic carbocycles. The second-order valence-corrected chi connectivity index (χ2v) is 12.5. The summed E-state index contributed by atoms with van der Waals surface area (Å²) in [6.45, 7) is 13.9. The van der Waals surface area contributed by atoms with E-state index in [1.807, 2.05) is 0 Å². The molecule has 0 amide bonds. The fraction of sp³-hybridized carbons (Fsp3) is 1.00. The van der Waals surface area contributed by atoms with Crippen LogP contribution in [0.1, 0.15) is 33.6 Å². The molecule has 0 radical (unpaired) electrons. The molecule has 1 saturated heterocycles. The summed E-state index contributed by atoms with van der Waals surface area (Å²) in [6.07, 6.45) is 2.65. The second kappa shape index (κ2) is 4.89. The summed E-state index contributed by atoms with van der Waals surface area (Å²) < 4.78 is 6.55. The molecule has 1 saturated carbocycles. The van der Waals surface area contributed by atoms with Crippen molar-refractivity contribution in [1.82, 2.24) is 5.32 Å². The lowest BCUT2D eigenvalue weighted by Crippen LogP contribution is -2.50. The van der Waals surface area contributed by atoms with Crippen molar-refractivity contribution in [3.05, 3.63) is 0 Å². The molecular weight excluding hydrogens is 240 g/mol. The highest BCUT2D eigenvalue weighted by Gasteiger charge is 2.44. The molecule has 3 N–H and O–H groups in total. The molecule has 2 aliphatic rings. The zero-order chi connectivity index (χ0) is 13.6. The Hall–Kier alpha value is 0.0969. The van der Waals surface area contributed by atoms with Crippen LogP contribution in [0.25, 0.3) is 0 Å². The lowest BCUT2D eigenvalue weighted by atomic mass is 9.77. The summed E-state index contributed by atoms with van der Waals surface area (Å²) in [5.41, 5.74) is 6.33. The first kappa shape index (κ1) is 14.5. The van der Waals surface area contributed by atoms with Crippen molar-refractivity contribution >= 4 is 8.32 Å². The van der Waals surface area contributed by atoms with Crippen molar-refractivity contribution < 1.29 is 4.43 Å². The van der Waals surface area contributed by atoms with Crippen LogP contribution in [0.2, 0.25) is 18.1 Å². The molecule has 1 unspecified atom stereocenters. The van der Waals surface area contributed by atoms with Gasteiger partial charge in [0, 0.05) is 12.1 Å². The van der Waals surface area contributed by atoms with Crippen molar-refractivity contribution in [2.24, 2.45) is 17.6 Å². The highest BCUT2D eigenvalue weighted by molar-refractivity contribution is 6.74. The highest BCUT2D eigenvalue weighted by Crippen LogP contribution is 2.41. The van der Waals surface area contributed by atoms with E-state index in [1.54, 1.807) is 0 Å². The maximum atomic E-state index is 6.55. The zero-order valence-electron chi connectivity index (χ0n) is 12.6. The lowest BCUT2D eigenvalue weighted by Gasteiger charge is -2.43. The van der Waals surface area contributed by atoms with Gasteiger partial charge in [0.2, 0.25) is 0 Å². The van der Waals surface area contributed by atoms with Crippen molar-refractivity contribution in [2.45, 2.75) is 63.9 Å². The van der Waals surface area contributed by atoms with Crippen LogP contribution in [-0.4, -0.2) is 33.6 Å². The molecule has 2 fully saturated rings. The third-order valence-electron chi connectivity index (χ3n) is 5.31. The van der Waals surface area contributed by atoms with Gasteiger partial charge in [0.05, 0.1) is 0 Å². The SMILES string of the molecule is CC(C)(C)[Si](C)(C)OC1C[C@@H]2CNC[C@@H]2[C@H](N)C1. The molecule has 4 atom stereocenters. The molecule has 18 heavy (non-hydrogen) atoms. The van der Waals surface area contributed by atoms with E-state index in [2.05, 4.69) is 39.2 Å². The minimum Gasteiger partial charge on any atom is -0.414 e. The van der Waals surface area contributed by atoms with Gasteiger partial charge >= 0.3 is 0 Å². The van der Waals surface area contributed by atoms with E-state index in [1.165, 1.54) is 6.42 Å². The minimum atomic E-state index is -1.64. The van der Waals surface area contributed by atoms with E-state index >= 15 is 0 Å². The van der Waals surface area contributed by atoms with E-state index in [4.69, 9.17) is 10.2 Å². The van der Waals surface area contributed by atoms with E-state index in [0.717, 1.165) is 25.4 Å². The monoisotopic (exact) mass is 270 g/mol. The van der Waals surface area contributed by atoms with Crippen LogP contribution in [0.3, 0.4) is 0 Å². The van der Waals surface area contributed by atoms with Crippen LogP contribution in [0.5, 0.6) is 0 Å². The third-order valence-corrected chi connectivity index (χ3v) is 9.85. The van der Waals surface area contributed by atoms with Gasteiger partial charge in [-0.05, 0) is 55.9 Å². The third kappa shape index (κ3) is 2.82. The van der Waals surface area contributed by atoms with Crippen molar-refractivity contribution in [3.63, 3.8) is 0 Å². The number of rotatable bonds is 2. The summed E-state index contributed by atoms with van der Waals surface area (Å²) in [7, 11) is -1.64. The Balaban J connectivity index is 1.99. The molecule has 1 heterocycles. The first-order valence-corrected chi connectivity index (χ1v) is 10.3. The zero-order valence-corrected chi connectivity index (χ0v) is 13.6. The van der Waals surface area contributed by atoms with Gasteiger partial charge in [-0.2, -0.15) is 0 Å². The average Bonchev–Trinajstić information content (AvgIpc) is 2.63. The van der Waals surface area contributed by atoms with Gasteiger partial charge in [-0.1, -0.05) is 20.8 Å². The first-order chi connectivity index (χ1) is 8.21. The highest BCUT2D eigenvalue weighted by atomic mass is 28.4. The number of fused-ring (bicyclic) bond motifs is 1. The number of hydrogen-bond donors (Lipinski definition) is 2. The van der Waals surface area contributed by atoms with Gasteiger partial charge in [0.15, 0.2) is 8.32 Å². The quantitative estimate of drug-likeness (QED) is 0.757. The Labute approximate surface area is 113 Å². The number of nitrogens with one attached hydrogen (secondary N) is 1. The molecule has 1 aliphatic heterocycles. The summed E-state index contributed by atoms with van der Waals surface area (Å²) in [6, 6.07) is 0.327. The van der Waals surface area contributed by atoms with E-state index in [-0.39, 0.29) is 0 Å². The van der Waals surface area contributed by atoms with Gasteiger partial charge in [-0.15, -0.1) is 0 Å². The molecule has 106 valence electrons. The lowest BCUT2D eigenvalue weighted by molar-refractivity contribution is 0.0813. The summed E-state index contributed by atoms with van der Waals surface area (Å²) in [5, 5.41) is 3.78. The van der Waals surface area contributed by atoms with E-state index < -0.39 is 8.32 Å². The topological polar surface area (TPSA) is 47.3 Å². The number of hydrogen-bond acceptors (Lipinski definition) is 3. The van der Waals surface area contributed by atoms with E-state index in [9.17, 15) is 0 Å². The van der Waals surface area contributed by atoms with Crippen LogP contribution in [0.4, 0.5) is 0 Å². The van der Waals surface area contributed by atoms with Crippen LogP contribution >= 0.6 is 0 Å². The molecule has 0 aromatic heterocycles. The Kier molecular flexibility index (Phi) is 3.94. The Bertz CT molecular complexity index is 301. The van der Waals surface area contributed by atoms with Gasteiger partial charge in [0.1, 0.15) is 0 Å². The fourth-order valence-corrected chi connectivity index (χ4v) is 4.49. The van der Waals surface area contributed by atoms with Gasteiger partial charge in [0.25, 0.3) is 0 Å². The van der Waals surface area contributed by atoms with Crippen molar-refractivity contribution in [1.29, 1.82) is 0 Å². The molecular formula is C14H30N2OSi. The van der Waals surface area contributed by atoms with Gasteiger partial charge < -0.3 is 15.5 Å². The standard InChI is InChI=1S/C14H30N2OSi/c1-14(2,3)18(4,5)17-11-6-10-8-16-9-12(10)13(15)7-11/h10-13,16H,6-9,15H2,1-5H3/t10-,11?,12+,13-/m1/s1. The smallest absolute Gasteiger partial charge is 0.192 e. The average molecular weight is 270 g/mol. The largest absolute Gasteiger partial charge is 0.414 e. The molecule has 0 spiro atoms. The second-order valence-electron chi connectivity index (χ2n) is 7.72. The summed E-state index contributed by atoms with van der Waals surface area (Å²) in [4.78, 5) is 0. The predicted octanol–water partition coefficient (Wildman–Crippen LogP) is 2.33. The molecule has 3 nitrogen and oxygen atoms in total. The van der Waals surface area contributed by atoms with E-state index in [0.29, 0.717) is 23.1 Å². The van der Waals surface area contributed by atoms with Crippen LogP contribution in [0, 0.1) is 11.8 Å². The van der Waals surface area contributed by atoms with Gasteiger partial charge in [-0.25, -0.2) is 0 Å². The van der Waals surface area contributed by atoms with Crippen LogP contribution in [-0.2, 0) is 4.43 Å². The normalized spacial score (nSPS) is 37.7. The minimum absolute atomic E-state index is 0.294. The maximum Gasteiger partial charge on any atom is 0.192 e. The molecule has 2 rings (SSSR count). The van der Waals surface area contributed by atoms with Crippen molar-refractivity contribution in [3.8, 4) is 0 Å².